The Bertz CT molecular complexity index is 699. The van der Waals surface area contributed by atoms with E-state index in [0.717, 1.165) is 18.5 Å². The van der Waals surface area contributed by atoms with Gasteiger partial charge in [0.2, 0.25) is 0 Å². The molecule has 8 nitrogen and oxygen atoms in total. The second kappa shape index (κ2) is 6.44. The summed E-state index contributed by atoms with van der Waals surface area (Å²) < 4.78 is 6.98. The molecule has 1 aliphatic rings. The number of tetrazole rings is 1. The van der Waals surface area contributed by atoms with Crippen LogP contribution in [0.2, 0.25) is 0 Å². The zero-order valence-corrected chi connectivity index (χ0v) is 12.5. The van der Waals surface area contributed by atoms with Gasteiger partial charge >= 0.3 is 0 Å². The van der Waals surface area contributed by atoms with Gasteiger partial charge in [0, 0.05) is 0 Å². The molecule has 0 unspecified atom stereocenters. The molecule has 1 N–H and O–H groups in total. The first-order chi connectivity index (χ1) is 11.2. The molecule has 0 atom stereocenters. The van der Waals surface area contributed by atoms with Gasteiger partial charge in [0.05, 0.1) is 11.8 Å². The van der Waals surface area contributed by atoms with Crippen LogP contribution in [-0.4, -0.2) is 38.3 Å². The Morgan fingerprint density at radius 1 is 1.35 bits per heavy atom. The Morgan fingerprint density at radius 2 is 2.09 bits per heavy atom. The molecule has 8 heteroatoms. The fourth-order valence-corrected chi connectivity index (χ4v) is 2.67. The van der Waals surface area contributed by atoms with Gasteiger partial charge in [-0.2, -0.15) is 5.26 Å². The van der Waals surface area contributed by atoms with E-state index in [1.165, 1.54) is 11.0 Å². The van der Waals surface area contributed by atoms with Gasteiger partial charge in [0.25, 0.3) is 5.91 Å². The first-order valence-electron chi connectivity index (χ1n) is 7.39. The number of hydrogen-bond acceptors (Lipinski definition) is 6. The van der Waals surface area contributed by atoms with Gasteiger partial charge in [-0.15, -0.1) is 5.10 Å². The molecule has 0 radical (unpaired) electrons. The van der Waals surface area contributed by atoms with Crippen molar-refractivity contribution in [2.75, 3.05) is 6.61 Å². The summed E-state index contributed by atoms with van der Waals surface area (Å²) in [6.45, 7) is -0.117. The third-order valence-electron chi connectivity index (χ3n) is 3.87. The van der Waals surface area contributed by atoms with E-state index in [4.69, 9.17) is 4.74 Å². The largest absolute Gasteiger partial charge is 0.484 e. The first-order valence-corrected chi connectivity index (χ1v) is 7.39. The molecule has 0 bridgehead atoms. The Labute approximate surface area is 133 Å². The van der Waals surface area contributed by atoms with E-state index in [-0.39, 0.29) is 12.5 Å². The predicted octanol–water partition coefficient (Wildman–Crippen LogP) is 0.994. The Morgan fingerprint density at radius 3 is 2.70 bits per heavy atom. The van der Waals surface area contributed by atoms with Gasteiger partial charge < -0.3 is 10.1 Å². The predicted molar refractivity (Wildman–Crippen MR) is 79.6 cm³/mol. The van der Waals surface area contributed by atoms with Crippen molar-refractivity contribution in [1.82, 2.24) is 25.5 Å². The fraction of sp³-hybridized carbons (Fsp3) is 0.400. The molecule has 118 valence electrons. The number of carbonyl (C=O) groups is 1. The van der Waals surface area contributed by atoms with Crippen molar-refractivity contribution in [2.45, 2.75) is 31.2 Å². The highest BCUT2D eigenvalue weighted by molar-refractivity contribution is 5.79. The van der Waals surface area contributed by atoms with Crippen LogP contribution in [0.15, 0.2) is 30.6 Å². The van der Waals surface area contributed by atoms with Crippen LogP contribution in [0.5, 0.6) is 5.75 Å². The highest BCUT2D eigenvalue weighted by Crippen LogP contribution is 2.28. The standard InChI is InChI=1S/C15H16N6O2/c16-10-15(7-1-2-8-15)18-14(22)9-23-13-5-3-12(4-6-13)21-11-17-19-20-21/h3-6,11H,1-2,7-9H2,(H,18,22). The van der Waals surface area contributed by atoms with Crippen LogP contribution in [0.3, 0.4) is 0 Å². The summed E-state index contributed by atoms with van der Waals surface area (Å²) >= 11 is 0. The number of nitrogens with one attached hydrogen (secondary N) is 1. The molecule has 23 heavy (non-hydrogen) atoms. The molecule has 0 spiro atoms. The van der Waals surface area contributed by atoms with Crippen molar-refractivity contribution >= 4 is 5.91 Å². The zero-order valence-electron chi connectivity index (χ0n) is 12.5. The summed E-state index contributed by atoms with van der Waals surface area (Å²) in [6.07, 6.45) is 4.83. The average Bonchev–Trinajstić information content (AvgIpc) is 3.26. The number of nitrogens with zero attached hydrogens (tertiary/aromatic N) is 5. The van der Waals surface area contributed by atoms with Crippen LogP contribution in [0.25, 0.3) is 5.69 Å². The summed E-state index contributed by atoms with van der Waals surface area (Å²) in [5.41, 5.74) is 0.0749. The number of nitriles is 1. The topological polar surface area (TPSA) is 106 Å². The second-order valence-electron chi connectivity index (χ2n) is 5.49. The number of amides is 1. The van der Waals surface area contributed by atoms with Gasteiger partial charge in [-0.3, -0.25) is 4.79 Å². The van der Waals surface area contributed by atoms with Crippen molar-refractivity contribution in [3.05, 3.63) is 30.6 Å². The number of rotatable bonds is 5. The van der Waals surface area contributed by atoms with Crippen LogP contribution >= 0.6 is 0 Å². The molecule has 0 aliphatic heterocycles. The molecule has 2 aromatic rings. The molecule has 1 aromatic carbocycles. The van der Waals surface area contributed by atoms with E-state index >= 15 is 0 Å². The van der Waals surface area contributed by atoms with Crippen molar-refractivity contribution in [3.8, 4) is 17.5 Å². The summed E-state index contributed by atoms with van der Waals surface area (Å²) in [5, 5.41) is 23.0. The van der Waals surface area contributed by atoms with E-state index in [9.17, 15) is 10.1 Å². The van der Waals surface area contributed by atoms with Crippen molar-refractivity contribution in [1.29, 1.82) is 5.26 Å². The molecule has 3 rings (SSSR count). The minimum atomic E-state index is -0.718. The van der Waals surface area contributed by atoms with E-state index in [0.29, 0.717) is 18.6 Å². The lowest BCUT2D eigenvalue weighted by Gasteiger charge is -2.21. The molecule has 1 heterocycles. The van der Waals surface area contributed by atoms with Gasteiger partial charge in [-0.25, -0.2) is 4.68 Å². The van der Waals surface area contributed by atoms with E-state index < -0.39 is 5.54 Å². The zero-order chi connectivity index (χ0) is 16.1. The number of aromatic nitrogens is 4. The maximum absolute atomic E-state index is 12.0. The molecule has 1 aliphatic carbocycles. The molecule has 1 amide bonds. The molecule has 1 saturated carbocycles. The minimum Gasteiger partial charge on any atom is -0.484 e. The smallest absolute Gasteiger partial charge is 0.259 e. The van der Waals surface area contributed by atoms with Crippen LogP contribution < -0.4 is 10.1 Å². The number of benzene rings is 1. The van der Waals surface area contributed by atoms with Gasteiger partial charge in [0.1, 0.15) is 17.6 Å². The van der Waals surface area contributed by atoms with Gasteiger partial charge in [-0.05, 0) is 60.4 Å². The van der Waals surface area contributed by atoms with E-state index in [1.54, 1.807) is 24.3 Å². The highest BCUT2D eigenvalue weighted by atomic mass is 16.5. The Kier molecular flexibility index (Phi) is 4.19. The van der Waals surface area contributed by atoms with Crippen LogP contribution in [0.1, 0.15) is 25.7 Å². The lowest BCUT2D eigenvalue weighted by molar-refractivity contribution is -0.124. The normalized spacial score (nSPS) is 15.8. The van der Waals surface area contributed by atoms with Crippen LogP contribution in [0, 0.1) is 11.3 Å². The molecular weight excluding hydrogens is 296 g/mol. The molecule has 0 saturated heterocycles. The van der Waals surface area contributed by atoms with Crippen LogP contribution in [0.4, 0.5) is 0 Å². The highest BCUT2D eigenvalue weighted by Gasteiger charge is 2.35. The van der Waals surface area contributed by atoms with Crippen LogP contribution in [-0.2, 0) is 4.79 Å². The van der Waals surface area contributed by atoms with Crippen molar-refractivity contribution in [3.63, 3.8) is 0 Å². The maximum atomic E-state index is 12.0. The summed E-state index contributed by atoms with van der Waals surface area (Å²) in [5.74, 6) is 0.285. The van der Waals surface area contributed by atoms with Crippen molar-refractivity contribution in [2.24, 2.45) is 0 Å². The molecule has 1 aromatic heterocycles. The van der Waals surface area contributed by atoms with Crippen molar-refractivity contribution < 1.29 is 9.53 Å². The fourth-order valence-electron chi connectivity index (χ4n) is 2.67. The van der Waals surface area contributed by atoms with E-state index in [1.807, 2.05) is 0 Å². The number of hydrogen-bond donors (Lipinski definition) is 1. The number of carbonyl (C=O) groups excluding carboxylic acids is 1. The molecule has 1 fully saturated rings. The Hall–Kier alpha value is -2.95. The van der Waals surface area contributed by atoms with Gasteiger partial charge in [0.15, 0.2) is 6.61 Å². The average molecular weight is 312 g/mol. The first kappa shape index (κ1) is 15.0. The summed E-state index contributed by atoms with van der Waals surface area (Å²) in [4.78, 5) is 12.0. The Balaban J connectivity index is 1.54. The lowest BCUT2D eigenvalue weighted by atomic mass is 10.00. The molecular formula is C15H16N6O2. The quantitative estimate of drug-likeness (QED) is 0.882. The minimum absolute atomic E-state index is 0.117. The van der Waals surface area contributed by atoms with Gasteiger partial charge in [-0.1, -0.05) is 0 Å². The SMILES string of the molecule is N#CC1(NC(=O)COc2ccc(-n3cnnn3)cc2)CCCC1. The summed E-state index contributed by atoms with van der Waals surface area (Å²) in [6, 6.07) is 9.27. The monoisotopic (exact) mass is 312 g/mol. The summed E-state index contributed by atoms with van der Waals surface area (Å²) in [7, 11) is 0. The second-order valence-corrected chi connectivity index (χ2v) is 5.49. The third-order valence-corrected chi connectivity index (χ3v) is 3.87. The number of ether oxygens (including phenoxy) is 1. The third kappa shape index (κ3) is 3.45. The lowest BCUT2D eigenvalue weighted by Crippen LogP contribution is -2.47. The van der Waals surface area contributed by atoms with E-state index in [2.05, 4.69) is 26.9 Å². The maximum Gasteiger partial charge on any atom is 0.259 e.